The van der Waals surface area contributed by atoms with Crippen molar-refractivity contribution in [2.45, 2.75) is 19.7 Å². The molecule has 0 saturated carbocycles. The van der Waals surface area contributed by atoms with Gasteiger partial charge in [-0.15, -0.1) is 0 Å². The van der Waals surface area contributed by atoms with Crippen molar-refractivity contribution < 1.29 is 27.5 Å². The molecule has 1 aromatic heterocycles. The molecule has 0 unspecified atom stereocenters. The van der Waals surface area contributed by atoms with E-state index in [1.165, 1.54) is 13.2 Å². The standard InChI is InChI=1S/C18H22F2N2O4/c1-21(12-17(23)22(2)11-14-5-4-8-25-14)10-13-6-7-15(26-18(19)20)16(9-13)24-3/h4-9,18H,10-12H2,1-3H3. The Kier molecular flexibility index (Phi) is 6.97. The first kappa shape index (κ1) is 19.7. The lowest BCUT2D eigenvalue weighted by atomic mass is 10.2. The molecule has 0 aliphatic heterocycles. The zero-order valence-electron chi connectivity index (χ0n) is 14.9. The predicted octanol–water partition coefficient (Wildman–Crippen LogP) is 2.98. The van der Waals surface area contributed by atoms with E-state index in [2.05, 4.69) is 4.74 Å². The summed E-state index contributed by atoms with van der Waals surface area (Å²) in [5.41, 5.74) is 0.812. The summed E-state index contributed by atoms with van der Waals surface area (Å²) in [7, 11) is 4.89. The molecular weight excluding hydrogens is 346 g/mol. The Balaban J connectivity index is 1.92. The molecule has 0 N–H and O–H groups in total. The third-order valence-corrected chi connectivity index (χ3v) is 3.70. The van der Waals surface area contributed by atoms with Gasteiger partial charge in [-0.2, -0.15) is 8.78 Å². The van der Waals surface area contributed by atoms with Crippen molar-refractivity contribution >= 4 is 5.91 Å². The van der Waals surface area contributed by atoms with Gasteiger partial charge in [0.2, 0.25) is 5.91 Å². The number of carbonyl (C=O) groups is 1. The molecule has 2 aromatic rings. The van der Waals surface area contributed by atoms with E-state index in [0.717, 1.165) is 5.56 Å². The smallest absolute Gasteiger partial charge is 0.387 e. The van der Waals surface area contributed by atoms with Crippen LogP contribution in [0.3, 0.4) is 0 Å². The van der Waals surface area contributed by atoms with Gasteiger partial charge in [-0.3, -0.25) is 9.69 Å². The van der Waals surface area contributed by atoms with Crippen LogP contribution in [0.5, 0.6) is 11.5 Å². The van der Waals surface area contributed by atoms with Crippen LogP contribution >= 0.6 is 0 Å². The number of alkyl halides is 2. The van der Waals surface area contributed by atoms with Gasteiger partial charge >= 0.3 is 6.61 Å². The summed E-state index contributed by atoms with van der Waals surface area (Å²) >= 11 is 0. The van der Waals surface area contributed by atoms with E-state index in [-0.39, 0.29) is 24.0 Å². The molecule has 0 bridgehead atoms. The molecule has 0 aliphatic rings. The van der Waals surface area contributed by atoms with E-state index in [9.17, 15) is 13.6 Å². The number of hydrogen-bond donors (Lipinski definition) is 0. The van der Waals surface area contributed by atoms with Gasteiger partial charge in [0, 0.05) is 13.6 Å². The van der Waals surface area contributed by atoms with Crippen LogP contribution in [0.1, 0.15) is 11.3 Å². The Morgan fingerprint density at radius 1 is 1.19 bits per heavy atom. The number of furan rings is 1. The normalized spacial score (nSPS) is 11.0. The number of carbonyl (C=O) groups excluding carboxylic acids is 1. The first-order valence-corrected chi connectivity index (χ1v) is 7.95. The summed E-state index contributed by atoms with van der Waals surface area (Å²) in [5, 5.41) is 0. The minimum absolute atomic E-state index is 0.0249. The highest BCUT2D eigenvalue weighted by molar-refractivity contribution is 5.77. The molecule has 0 fully saturated rings. The van der Waals surface area contributed by atoms with Crippen LogP contribution in [-0.4, -0.2) is 50.1 Å². The molecule has 0 spiro atoms. The van der Waals surface area contributed by atoms with Gasteiger partial charge in [0.15, 0.2) is 11.5 Å². The number of methoxy groups -OCH3 is 1. The van der Waals surface area contributed by atoms with Crippen LogP contribution in [0, 0.1) is 0 Å². The summed E-state index contributed by atoms with van der Waals surface area (Å²) in [6, 6.07) is 8.29. The number of ether oxygens (including phenoxy) is 2. The highest BCUT2D eigenvalue weighted by Gasteiger charge is 2.15. The summed E-state index contributed by atoms with van der Waals surface area (Å²) < 4.78 is 39.5. The third-order valence-electron chi connectivity index (χ3n) is 3.70. The highest BCUT2D eigenvalue weighted by atomic mass is 19.3. The quantitative estimate of drug-likeness (QED) is 0.681. The number of nitrogens with zero attached hydrogens (tertiary/aromatic N) is 2. The molecule has 1 amide bonds. The molecule has 8 heteroatoms. The van der Waals surface area contributed by atoms with Gasteiger partial charge in [-0.05, 0) is 36.9 Å². The fourth-order valence-electron chi connectivity index (χ4n) is 2.45. The second-order valence-electron chi connectivity index (χ2n) is 5.87. The average Bonchev–Trinajstić information content (AvgIpc) is 3.08. The van der Waals surface area contributed by atoms with E-state index < -0.39 is 6.61 Å². The highest BCUT2D eigenvalue weighted by Crippen LogP contribution is 2.29. The zero-order chi connectivity index (χ0) is 19.1. The zero-order valence-corrected chi connectivity index (χ0v) is 14.9. The molecular formula is C18H22F2N2O4. The Bertz CT molecular complexity index is 707. The maximum absolute atomic E-state index is 12.4. The fraction of sp³-hybridized carbons (Fsp3) is 0.389. The van der Waals surface area contributed by atoms with Crippen molar-refractivity contribution in [2.75, 3.05) is 27.7 Å². The van der Waals surface area contributed by atoms with Crippen LogP contribution < -0.4 is 9.47 Å². The minimum Gasteiger partial charge on any atom is -0.493 e. The van der Waals surface area contributed by atoms with E-state index in [4.69, 9.17) is 9.15 Å². The Morgan fingerprint density at radius 2 is 1.96 bits per heavy atom. The van der Waals surface area contributed by atoms with Gasteiger partial charge in [0.1, 0.15) is 5.76 Å². The average molecular weight is 368 g/mol. The van der Waals surface area contributed by atoms with E-state index >= 15 is 0 Å². The lowest BCUT2D eigenvalue weighted by Crippen LogP contribution is -2.35. The van der Waals surface area contributed by atoms with E-state index in [0.29, 0.717) is 18.8 Å². The van der Waals surface area contributed by atoms with Crippen LogP contribution in [0.15, 0.2) is 41.0 Å². The Labute approximate surface area is 150 Å². The van der Waals surface area contributed by atoms with Gasteiger partial charge in [-0.25, -0.2) is 0 Å². The Hall–Kier alpha value is -2.61. The van der Waals surface area contributed by atoms with Crippen LogP contribution in [0.4, 0.5) is 8.78 Å². The van der Waals surface area contributed by atoms with Crippen LogP contribution in [0.2, 0.25) is 0 Å². The maximum Gasteiger partial charge on any atom is 0.387 e. The number of likely N-dealkylation sites (N-methyl/N-ethyl adjacent to an activating group) is 2. The first-order chi connectivity index (χ1) is 12.4. The predicted molar refractivity (Wildman–Crippen MR) is 91.1 cm³/mol. The van der Waals surface area contributed by atoms with Crippen molar-refractivity contribution in [1.82, 2.24) is 9.80 Å². The molecule has 0 radical (unpaired) electrons. The molecule has 6 nitrogen and oxygen atoms in total. The third kappa shape index (κ3) is 5.73. The number of benzene rings is 1. The summed E-state index contributed by atoms with van der Waals surface area (Å²) in [4.78, 5) is 15.7. The summed E-state index contributed by atoms with van der Waals surface area (Å²) in [6.45, 7) is -1.87. The maximum atomic E-state index is 12.4. The SMILES string of the molecule is COc1cc(CN(C)CC(=O)N(C)Cc2ccco2)ccc1OC(F)F. The lowest BCUT2D eigenvalue weighted by Gasteiger charge is -2.21. The van der Waals surface area contributed by atoms with Crippen molar-refractivity contribution in [3.8, 4) is 11.5 Å². The van der Waals surface area contributed by atoms with Crippen molar-refractivity contribution in [1.29, 1.82) is 0 Å². The Morgan fingerprint density at radius 3 is 2.58 bits per heavy atom. The second-order valence-corrected chi connectivity index (χ2v) is 5.87. The molecule has 1 aromatic carbocycles. The van der Waals surface area contributed by atoms with Crippen molar-refractivity contribution in [3.05, 3.63) is 47.9 Å². The fourth-order valence-corrected chi connectivity index (χ4v) is 2.45. The molecule has 0 saturated heterocycles. The van der Waals surface area contributed by atoms with Gasteiger partial charge in [-0.1, -0.05) is 6.07 Å². The number of hydrogen-bond acceptors (Lipinski definition) is 5. The molecule has 26 heavy (non-hydrogen) atoms. The lowest BCUT2D eigenvalue weighted by molar-refractivity contribution is -0.131. The molecule has 142 valence electrons. The van der Waals surface area contributed by atoms with Crippen molar-refractivity contribution in [3.63, 3.8) is 0 Å². The summed E-state index contributed by atoms with van der Waals surface area (Å²) in [6.07, 6.45) is 1.56. The molecule has 2 rings (SSSR count). The van der Waals surface area contributed by atoms with Crippen molar-refractivity contribution in [2.24, 2.45) is 0 Å². The molecule has 0 atom stereocenters. The first-order valence-electron chi connectivity index (χ1n) is 7.95. The number of amides is 1. The monoisotopic (exact) mass is 368 g/mol. The topological polar surface area (TPSA) is 55.2 Å². The number of halogens is 2. The van der Waals surface area contributed by atoms with Crippen LogP contribution in [0.25, 0.3) is 0 Å². The van der Waals surface area contributed by atoms with Gasteiger partial charge in [0.25, 0.3) is 0 Å². The molecule has 0 aliphatic carbocycles. The molecule has 1 heterocycles. The summed E-state index contributed by atoms with van der Waals surface area (Å²) in [5.74, 6) is 0.844. The van der Waals surface area contributed by atoms with Gasteiger partial charge in [0.05, 0.1) is 26.5 Å². The number of rotatable bonds is 9. The minimum atomic E-state index is -2.92. The van der Waals surface area contributed by atoms with Crippen LogP contribution in [-0.2, 0) is 17.9 Å². The second kappa shape index (κ2) is 9.19. The van der Waals surface area contributed by atoms with E-state index in [1.54, 1.807) is 43.5 Å². The van der Waals surface area contributed by atoms with E-state index in [1.807, 2.05) is 11.0 Å². The van der Waals surface area contributed by atoms with Gasteiger partial charge < -0.3 is 18.8 Å². The largest absolute Gasteiger partial charge is 0.493 e.